The van der Waals surface area contributed by atoms with Crippen molar-refractivity contribution in [1.29, 1.82) is 0 Å². The monoisotopic (exact) mass is 353 g/mol. The maximum Gasteiger partial charge on any atom is 0.329 e. The fourth-order valence-electron chi connectivity index (χ4n) is 3.05. The minimum absolute atomic E-state index is 0.0000292. The largest absolute Gasteiger partial charge is 0.497 e. The highest BCUT2D eigenvalue weighted by Crippen LogP contribution is 2.14. The number of rotatable bonds is 7. The Labute approximate surface area is 152 Å². The molecule has 1 amide bonds. The summed E-state index contributed by atoms with van der Waals surface area (Å²) in [7, 11) is 1.61. The number of carbonyl (C=O) groups is 1. The molecule has 3 aromatic rings. The number of hydrogen-bond donors (Lipinski definition) is 1. The topological polar surface area (TPSA) is 65.3 Å². The van der Waals surface area contributed by atoms with Gasteiger partial charge in [0, 0.05) is 13.1 Å². The number of amides is 1. The van der Waals surface area contributed by atoms with E-state index in [4.69, 9.17) is 4.74 Å². The van der Waals surface area contributed by atoms with Crippen molar-refractivity contribution in [2.75, 3.05) is 7.11 Å². The van der Waals surface area contributed by atoms with Gasteiger partial charge in [-0.2, -0.15) is 0 Å². The van der Waals surface area contributed by atoms with Crippen LogP contribution < -0.4 is 15.7 Å². The highest BCUT2D eigenvalue weighted by atomic mass is 16.5. The normalized spacial score (nSPS) is 10.8. The molecule has 1 aromatic heterocycles. The number of aryl methyl sites for hydroxylation is 1. The Hall–Kier alpha value is -3.02. The van der Waals surface area contributed by atoms with Gasteiger partial charge >= 0.3 is 5.69 Å². The van der Waals surface area contributed by atoms with Gasteiger partial charge in [-0.15, -0.1) is 0 Å². The number of fused-ring (bicyclic) bond motifs is 1. The molecule has 0 bridgehead atoms. The lowest BCUT2D eigenvalue weighted by Crippen LogP contribution is -2.32. The van der Waals surface area contributed by atoms with Gasteiger partial charge in [-0.3, -0.25) is 13.9 Å². The first kappa shape index (κ1) is 17.8. The van der Waals surface area contributed by atoms with E-state index in [1.165, 1.54) is 4.57 Å². The molecular weight excluding hydrogens is 330 g/mol. The molecule has 0 unspecified atom stereocenters. The summed E-state index contributed by atoms with van der Waals surface area (Å²) < 4.78 is 8.45. The zero-order valence-corrected chi connectivity index (χ0v) is 15.1. The molecular formula is C20H23N3O3. The quantitative estimate of drug-likeness (QED) is 0.710. The van der Waals surface area contributed by atoms with E-state index >= 15 is 0 Å². The van der Waals surface area contributed by atoms with E-state index in [9.17, 15) is 9.59 Å². The average Bonchev–Trinajstić information content (AvgIpc) is 2.93. The van der Waals surface area contributed by atoms with Gasteiger partial charge in [-0.25, -0.2) is 4.79 Å². The molecule has 0 radical (unpaired) electrons. The number of aromatic nitrogens is 2. The molecule has 136 valence electrons. The Kier molecular flexibility index (Phi) is 5.41. The highest BCUT2D eigenvalue weighted by molar-refractivity contribution is 5.80. The second-order valence-corrected chi connectivity index (χ2v) is 6.14. The van der Waals surface area contributed by atoms with Crippen LogP contribution in [0.25, 0.3) is 11.0 Å². The number of para-hydroxylation sites is 2. The summed E-state index contributed by atoms with van der Waals surface area (Å²) in [5.41, 5.74) is 2.44. The van der Waals surface area contributed by atoms with Crippen molar-refractivity contribution in [3.8, 4) is 5.75 Å². The number of carbonyl (C=O) groups excluding carboxylic acids is 1. The summed E-state index contributed by atoms with van der Waals surface area (Å²) in [4.78, 5) is 25.1. The second kappa shape index (κ2) is 7.91. The molecule has 0 aliphatic carbocycles. The summed E-state index contributed by atoms with van der Waals surface area (Å²) in [6.07, 6.45) is 0.857. The molecule has 6 nitrogen and oxygen atoms in total. The molecule has 2 aromatic carbocycles. The SMILES string of the molecule is CCCn1c(=O)n(CC(=O)NCc2cccc(OC)c2)c2ccccc21. The fraction of sp³-hybridized carbons (Fsp3) is 0.300. The summed E-state index contributed by atoms with van der Waals surface area (Å²) in [6.45, 7) is 3.05. The molecule has 0 spiro atoms. The number of hydrogen-bond acceptors (Lipinski definition) is 3. The molecule has 0 saturated carbocycles. The molecule has 26 heavy (non-hydrogen) atoms. The minimum atomic E-state index is -0.200. The van der Waals surface area contributed by atoms with Gasteiger partial charge in [0.1, 0.15) is 12.3 Å². The first-order chi connectivity index (χ1) is 12.6. The Morgan fingerprint density at radius 3 is 2.50 bits per heavy atom. The summed E-state index contributed by atoms with van der Waals surface area (Å²) >= 11 is 0. The van der Waals surface area contributed by atoms with Gasteiger partial charge in [-0.1, -0.05) is 31.2 Å². The number of nitrogens with zero attached hydrogens (tertiary/aromatic N) is 2. The first-order valence-electron chi connectivity index (χ1n) is 8.71. The first-order valence-corrected chi connectivity index (χ1v) is 8.71. The van der Waals surface area contributed by atoms with Crippen LogP contribution in [0.3, 0.4) is 0 Å². The lowest BCUT2D eigenvalue weighted by Gasteiger charge is -2.08. The third-order valence-corrected chi connectivity index (χ3v) is 4.30. The summed E-state index contributed by atoms with van der Waals surface area (Å²) in [5.74, 6) is 0.546. The van der Waals surface area contributed by atoms with Gasteiger partial charge in [0.05, 0.1) is 18.1 Å². The predicted molar refractivity (Wildman–Crippen MR) is 101 cm³/mol. The van der Waals surface area contributed by atoms with Crippen LogP contribution in [0.2, 0.25) is 0 Å². The Bertz CT molecular complexity index is 972. The number of methoxy groups -OCH3 is 1. The van der Waals surface area contributed by atoms with Crippen LogP contribution >= 0.6 is 0 Å². The van der Waals surface area contributed by atoms with Gasteiger partial charge < -0.3 is 10.1 Å². The number of ether oxygens (including phenoxy) is 1. The van der Waals surface area contributed by atoms with E-state index in [2.05, 4.69) is 5.32 Å². The van der Waals surface area contributed by atoms with E-state index in [0.29, 0.717) is 13.1 Å². The van der Waals surface area contributed by atoms with E-state index in [1.54, 1.807) is 11.7 Å². The minimum Gasteiger partial charge on any atom is -0.497 e. The van der Waals surface area contributed by atoms with E-state index < -0.39 is 0 Å². The Morgan fingerprint density at radius 2 is 1.81 bits per heavy atom. The Morgan fingerprint density at radius 1 is 1.08 bits per heavy atom. The second-order valence-electron chi connectivity index (χ2n) is 6.14. The molecule has 0 saturated heterocycles. The lowest BCUT2D eigenvalue weighted by molar-refractivity contribution is -0.121. The molecule has 0 fully saturated rings. The van der Waals surface area contributed by atoms with Crippen LogP contribution in [-0.4, -0.2) is 22.2 Å². The van der Waals surface area contributed by atoms with Crippen molar-refractivity contribution in [3.63, 3.8) is 0 Å². The molecule has 6 heteroatoms. The van der Waals surface area contributed by atoms with Crippen molar-refractivity contribution in [2.45, 2.75) is 33.0 Å². The van der Waals surface area contributed by atoms with E-state index in [0.717, 1.165) is 28.8 Å². The number of imidazole rings is 1. The van der Waals surface area contributed by atoms with Crippen LogP contribution in [-0.2, 0) is 24.4 Å². The average molecular weight is 353 g/mol. The summed E-state index contributed by atoms with van der Waals surface area (Å²) in [5, 5.41) is 2.87. The van der Waals surface area contributed by atoms with E-state index in [-0.39, 0.29) is 18.1 Å². The van der Waals surface area contributed by atoms with Gasteiger partial charge in [-0.05, 0) is 36.2 Å². The van der Waals surface area contributed by atoms with Crippen LogP contribution in [0.5, 0.6) is 5.75 Å². The number of nitrogens with one attached hydrogen (secondary N) is 1. The van der Waals surface area contributed by atoms with Crippen molar-refractivity contribution < 1.29 is 9.53 Å². The van der Waals surface area contributed by atoms with Crippen molar-refractivity contribution in [3.05, 3.63) is 64.6 Å². The third kappa shape index (κ3) is 3.64. The summed E-state index contributed by atoms with van der Waals surface area (Å²) in [6, 6.07) is 15.1. The molecule has 1 N–H and O–H groups in total. The maximum atomic E-state index is 12.7. The molecule has 3 rings (SSSR count). The van der Waals surface area contributed by atoms with Crippen molar-refractivity contribution in [1.82, 2.24) is 14.5 Å². The van der Waals surface area contributed by atoms with Crippen molar-refractivity contribution in [2.24, 2.45) is 0 Å². The van der Waals surface area contributed by atoms with Gasteiger partial charge in [0.25, 0.3) is 0 Å². The zero-order valence-electron chi connectivity index (χ0n) is 15.1. The lowest BCUT2D eigenvalue weighted by atomic mass is 10.2. The smallest absolute Gasteiger partial charge is 0.329 e. The maximum absolute atomic E-state index is 12.7. The molecule has 0 atom stereocenters. The number of benzene rings is 2. The van der Waals surface area contributed by atoms with Gasteiger partial charge in [0.15, 0.2) is 0 Å². The standard InChI is InChI=1S/C20H23N3O3/c1-3-11-22-17-9-4-5-10-18(17)23(20(22)25)14-19(24)21-13-15-7-6-8-16(12-15)26-2/h4-10,12H,3,11,13-14H2,1-2H3,(H,21,24). The molecule has 0 aliphatic heterocycles. The van der Waals surface area contributed by atoms with Crippen molar-refractivity contribution >= 4 is 16.9 Å². The third-order valence-electron chi connectivity index (χ3n) is 4.30. The van der Waals surface area contributed by atoms with Gasteiger partial charge in [0.2, 0.25) is 5.91 Å². The van der Waals surface area contributed by atoms with Crippen LogP contribution in [0.1, 0.15) is 18.9 Å². The fourth-order valence-corrected chi connectivity index (χ4v) is 3.05. The zero-order chi connectivity index (χ0) is 18.5. The highest BCUT2D eigenvalue weighted by Gasteiger charge is 2.14. The molecule has 1 heterocycles. The van der Waals surface area contributed by atoms with Crippen LogP contribution in [0.4, 0.5) is 0 Å². The predicted octanol–water partition coefficient (Wildman–Crippen LogP) is 2.54. The van der Waals surface area contributed by atoms with Crippen LogP contribution in [0, 0.1) is 0 Å². The van der Waals surface area contributed by atoms with Crippen LogP contribution in [0.15, 0.2) is 53.3 Å². The Balaban J connectivity index is 1.77. The van der Waals surface area contributed by atoms with E-state index in [1.807, 2.05) is 55.5 Å². The molecule has 0 aliphatic rings.